The van der Waals surface area contributed by atoms with Crippen molar-refractivity contribution in [2.24, 2.45) is 5.73 Å². The van der Waals surface area contributed by atoms with Crippen molar-refractivity contribution in [3.05, 3.63) is 59.7 Å². The predicted octanol–water partition coefficient (Wildman–Crippen LogP) is 2.65. The third kappa shape index (κ3) is 4.26. The largest absolute Gasteiger partial charge is 0.369 e. The van der Waals surface area contributed by atoms with Gasteiger partial charge >= 0.3 is 0 Å². The van der Waals surface area contributed by atoms with Gasteiger partial charge in [-0.1, -0.05) is 55.5 Å². The van der Waals surface area contributed by atoms with Crippen LogP contribution >= 0.6 is 0 Å². The molecule has 0 aliphatic carbocycles. The Bertz CT molecular complexity index is 650. The number of hydrogen-bond acceptors (Lipinski definition) is 2. The van der Waals surface area contributed by atoms with Crippen LogP contribution in [0.25, 0.3) is 11.1 Å². The van der Waals surface area contributed by atoms with E-state index in [1.165, 1.54) is 5.56 Å². The van der Waals surface area contributed by atoms with Crippen LogP contribution in [0.3, 0.4) is 0 Å². The Morgan fingerprint density at radius 3 is 2.38 bits per heavy atom. The molecule has 4 heteroatoms. The lowest BCUT2D eigenvalue weighted by Gasteiger charge is -2.10. The Hall–Kier alpha value is -1.94. The standard InChI is InChI=1S/C17H19NO2S/c1-2-13-7-9-14(10-8-13)16-6-4-3-5-15(16)11-21(20)12-17(18)19/h3-10H,2,11-12H2,1H3,(H2,18,19). The summed E-state index contributed by atoms with van der Waals surface area (Å²) in [6.45, 7) is 2.12. The summed E-state index contributed by atoms with van der Waals surface area (Å²) >= 11 is 0. The molecule has 0 radical (unpaired) electrons. The van der Waals surface area contributed by atoms with Crippen molar-refractivity contribution in [1.29, 1.82) is 0 Å². The first-order valence-corrected chi connectivity index (χ1v) is 8.39. The Kier molecular flexibility index (Phi) is 5.28. The number of primary amides is 1. The molecule has 2 rings (SSSR count). The molecular formula is C17H19NO2S. The van der Waals surface area contributed by atoms with Gasteiger partial charge in [-0.2, -0.15) is 0 Å². The van der Waals surface area contributed by atoms with Gasteiger partial charge in [0.15, 0.2) is 0 Å². The second-order valence-corrected chi connectivity index (χ2v) is 6.36. The van der Waals surface area contributed by atoms with Gasteiger partial charge in [-0.05, 0) is 28.7 Å². The first kappa shape index (κ1) is 15.4. The van der Waals surface area contributed by atoms with Crippen LogP contribution in [0.2, 0.25) is 0 Å². The molecule has 1 amide bonds. The monoisotopic (exact) mass is 301 g/mol. The van der Waals surface area contributed by atoms with E-state index in [0.29, 0.717) is 5.75 Å². The summed E-state index contributed by atoms with van der Waals surface area (Å²) in [5.74, 6) is -0.282. The molecule has 0 heterocycles. The molecule has 110 valence electrons. The minimum absolute atomic E-state index is 0.0941. The molecule has 0 saturated carbocycles. The fourth-order valence-electron chi connectivity index (χ4n) is 2.23. The van der Waals surface area contributed by atoms with Crippen molar-refractivity contribution in [3.8, 4) is 11.1 Å². The van der Waals surface area contributed by atoms with Gasteiger partial charge < -0.3 is 5.73 Å². The van der Waals surface area contributed by atoms with Gasteiger partial charge in [0, 0.05) is 16.6 Å². The van der Waals surface area contributed by atoms with E-state index in [0.717, 1.165) is 23.1 Å². The van der Waals surface area contributed by atoms with Crippen LogP contribution < -0.4 is 5.73 Å². The second-order valence-electron chi connectivity index (χ2n) is 4.90. The van der Waals surface area contributed by atoms with Crippen molar-refractivity contribution in [2.45, 2.75) is 19.1 Å². The lowest BCUT2D eigenvalue weighted by Crippen LogP contribution is -2.20. The molecule has 21 heavy (non-hydrogen) atoms. The van der Waals surface area contributed by atoms with Crippen molar-refractivity contribution in [1.82, 2.24) is 0 Å². The maximum absolute atomic E-state index is 11.9. The first-order valence-electron chi connectivity index (χ1n) is 6.90. The molecule has 0 aliphatic heterocycles. The highest BCUT2D eigenvalue weighted by Gasteiger charge is 2.10. The molecule has 0 saturated heterocycles. The van der Waals surface area contributed by atoms with Crippen molar-refractivity contribution in [2.75, 3.05) is 5.75 Å². The SMILES string of the molecule is CCc1ccc(-c2ccccc2CS(=O)CC(N)=O)cc1. The molecule has 2 aromatic rings. The summed E-state index contributed by atoms with van der Waals surface area (Å²) in [5, 5.41) is 0. The maximum Gasteiger partial charge on any atom is 0.230 e. The van der Waals surface area contributed by atoms with Crippen molar-refractivity contribution < 1.29 is 9.00 Å². The van der Waals surface area contributed by atoms with Crippen LogP contribution in [-0.2, 0) is 27.8 Å². The fourth-order valence-corrected chi connectivity index (χ4v) is 3.25. The van der Waals surface area contributed by atoms with Crippen LogP contribution in [0.1, 0.15) is 18.1 Å². The summed E-state index contributed by atoms with van der Waals surface area (Å²) in [4.78, 5) is 10.9. The zero-order valence-corrected chi connectivity index (χ0v) is 12.9. The molecule has 0 spiro atoms. The molecule has 0 aromatic heterocycles. The topological polar surface area (TPSA) is 60.2 Å². The highest BCUT2D eigenvalue weighted by atomic mass is 32.2. The zero-order valence-electron chi connectivity index (χ0n) is 12.0. The average Bonchev–Trinajstić information content (AvgIpc) is 2.47. The lowest BCUT2D eigenvalue weighted by molar-refractivity contribution is -0.115. The van der Waals surface area contributed by atoms with Gasteiger partial charge in [0.1, 0.15) is 5.75 Å². The Labute approximate surface area is 127 Å². The van der Waals surface area contributed by atoms with Crippen LogP contribution in [0.4, 0.5) is 0 Å². The lowest BCUT2D eigenvalue weighted by atomic mass is 9.99. The molecule has 3 nitrogen and oxygen atoms in total. The van der Waals surface area contributed by atoms with Crippen molar-refractivity contribution >= 4 is 16.7 Å². The zero-order chi connectivity index (χ0) is 15.2. The van der Waals surface area contributed by atoms with E-state index in [-0.39, 0.29) is 5.75 Å². The number of aryl methyl sites for hydroxylation is 1. The van der Waals surface area contributed by atoms with Gasteiger partial charge in [-0.3, -0.25) is 9.00 Å². The summed E-state index contributed by atoms with van der Waals surface area (Å²) in [6, 6.07) is 16.2. The first-order chi connectivity index (χ1) is 10.1. The van der Waals surface area contributed by atoms with E-state index in [1.54, 1.807) is 0 Å². The fraction of sp³-hybridized carbons (Fsp3) is 0.235. The highest BCUT2D eigenvalue weighted by molar-refractivity contribution is 7.84. The number of carbonyl (C=O) groups is 1. The van der Waals surface area contributed by atoms with Gasteiger partial charge in [0.25, 0.3) is 0 Å². The van der Waals surface area contributed by atoms with Gasteiger partial charge in [-0.25, -0.2) is 0 Å². The van der Waals surface area contributed by atoms with E-state index >= 15 is 0 Å². The van der Waals surface area contributed by atoms with Crippen LogP contribution in [0.15, 0.2) is 48.5 Å². The summed E-state index contributed by atoms with van der Waals surface area (Å²) in [7, 11) is -1.27. The molecule has 1 unspecified atom stereocenters. The van der Waals surface area contributed by atoms with Gasteiger partial charge in [0.05, 0.1) is 0 Å². The third-order valence-corrected chi connectivity index (χ3v) is 4.55. The minimum Gasteiger partial charge on any atom is -0.369 e. The number of rotatable bonds is 6. The molecule has 2 aromatic carbocycles. The van der Waals surface area contributed by atoms with Crippen LogP contribution in [-0.4, -0.2) is 15.9 Å². The Morgan fingerprint density at radius 1 is 1.10 bits per heavy atom. The maximum atomic E-state index is 11.9. The minimum atomic E-state index is -1.27. The van der Waals surface area contributed by atoms with Gasteiger partial charge in [-0.15, -0.1) is 0 Å². The quantitative estimate of drug-likeness (QED) is 0.891. The second kappa shape index (κ2) is 7.18. The number of carbonyl (C=O) groups excluding carboxylic acids is 1. The molecular weight excluding hydrogens is 282 g/mol. The van der Waals surface area contributed by atoms with E-state index in [2.05, 4.69) is 31.2 Å². The highest BCUT2D eigenvalue weighted by Crippen LogP contribution is 2.25. The number of amides is 1. The molecule has 0 aliphatic rings. The normalized spacial score (nSPS) is 12.0. The summed E-state index contributed by atoms with van der Waals surface area (Å²) in [6.07, 6.45) is 1.00. The number of benzene rings is 2. The average molecular weight is 301 g/mol. The third-order valence-electron chi connectivity index (χ3n) is 3.31. The Balaban J connectivity index is 2.27. The van der Waals surface area contributed by atoms with Gasteiger partial charge in [0.2, 0.25) is 5.91 Å². The summed E-state index contributed by atoms with van der Waals surface area (Å²) < 4.78 is 11.9. The smallest absolute Gasteiger partial charge is 0.230 e. The molecule has 1 atom stereocenters. The Morgan fingerprint density at radius 2 is 1.76 bits per heavy atom. The molecule has 0 fully saturated rings. The molecule has 0 bridgehead atoms. The van der Waals surface area contributed by atoms with E-state index in [4.69, 9.17) is 5.73 Å². The van der Waals surface area contributed by atoms with Crippen LogP contribution in [0, 0.1) is 0 Å². The summed E-state index contributed by atoms with van der Waals surface area (Å²) in [5.41, 5.74) is 9.51. The number of hydrogen-bond donors (Lipinski definition) is 1. The predicted molar refractivity (Wildman–Crippen MR) is 87.2 cm³/mol. The van der Waals surface area contributed by atoms with Crippen molar-refractivity contribution in [3.63, 3.8) is 0 Å². The molecule has 2 N–H and O–H groups in total. The number of nitrogens with two attached hydrogens (primary N) is 1. The van der Waals surface area contributed by atoms with E-state index < -0.39 is 16.7 Å². The van der Waals surface area contributed by atoms with E-state index in [1.807, 2.05) is 24.3 Å². The van der Waals surface area contributed by atoms with Crippen LogP contribution in [0.5, 0.6) is 0 Å². The van der Waals surface area contributed by atoms with E-state index in [9.17, 15) is 9.00 Å².